The quantitative estimate of drug-likeness (QED) is 0.281. The van der Waals surface area contributed by atoms with E-state index in [1.165, 1.54) is 12.1 Å². The highest BCUT2D eigenvalue weighted by Gasteiger charge is 2.43. The summed E-state index contributed by atoms with van der Waals surface area (Å²) in [5.41, 5.74) is 3.34. The first-order chi connectivity index (χ1) is 15.9. The fourth-order valence-corrected chi connectivity index (χ4v) is 4.05. The number of halogens is 1. The molecule has 1 heterocycles. The Labute approximate surface area is 193 Å². The van der Waals surface area contributed by atoms with E-state index in [4.69, 9.17) is 15.5 Å². The van der Waals surface area contributed by atoms with E-state index < -0.39 is 5.72 Å². The summed E-state index contributed by atoms with van der Waals surface area (Å²) in [5, 5.41) is 0. The second-order valence-corrected chi connectivity index (χ2v) is 8.39. The molecule has 0 radical (unpaired) electrons. The second-order valence-electron chi connectivity index (χ2n) is 8.39. The number of ether oxygens (including phenoxy) is 1. The van der Waals surface area contributed by atoms with Crippen LogP contribution in [0, 0.1) is 12.7 Å². The van der Waals surface area contributed by atoms with Crippen LogP contribution in [0.1, 0.15) is 36.6 Å². The lowest BCUT2D eigenvalue weighted by Crippen LogP contribution is -2.47. The fourth-order valence-electron chi connectivity index (χ4n) is 4.05. The van der Waals surface area contributed by atoms with Gasteiger partial charge in [-0.1, -0.05) is 30.9 Å². The van der Waals surface area contributed by atoms with Crippen LogP contribution in [0.5, 0.6) is 5.75 Å². The Bertz CT molecular complexity index is 1170. The summed E-state index contributed by atoms with van der Waals surface area (Å²) in [7, 11) is 1.65. The number of aryl methyl sites for hydroxylation is 1. The Balaban J connectivity index is 1.60. The number of aromatic nitrogens is 2. The van der Waals surface area contributed by atoms with Crippen molar-refractivity contribution < 1.29 is 14.0 Å². The van der Waals surface area contributed by atoms with Crippen LogP contribution >= 0.6 is 0 Å². The topological polar surface area (TPSA) is 65.5 Å². The molecule has 0 aliphatic heterocycles. The summed E-state index contributed by atoms with van der Waals surface area (Å²) < 4.78 is 21.0. The van der Waals surface area contributed by atoms with Crippen molar-refractivity contribution in [3.05, 3.63) is 96.0 Å². The number of allylic oxidation sites excluding steroid dienone is 1. The lowest BCUT2D eigenvalue weighted by molar-refractivity contribution is -0.143. The summed E-state index contributed by atoms with van der Waals surface area (Å²) in [5.74, 6) is 6.20. The molecule has 2 aromatic carbocycles. The molecule has 1 aliphatic carbocycles. The third kappa shape index (κ3) is 4.69. The molecule has 0 saturated heterocycles. The second kappa shape index (κ2) is 9.21. The van der Waals surface area contributed by atoms with E-state index in [1.54, 1.807) is 25.6 Å². The van der Waals surface area contributed by atoms with E-state index >= 15 is 0 Å². The van der Waals surface area contributed by atoms with Gasteiger partial charge in [-0.2, -0.15) is 0 Å². The highest BCUT2D eigenvalue weighted by atomic mass is 19.1. The molecule has 1 aromatic heterocycles. The summed E-state index contributed by atoms with van der Waals surface area (Å²) in [6.07, 6.45) is 9.66. The van der Waals surface area contributed by atoms with Gasteiger partial charge in [0.1, 0.15) is 11.6 Å². The van der Waals surface area contributed by atoms with Crippen molar-refractivity contribution in [1.29, 1.82) is 0 Å². The highest BCUT2D eigenvalue weighted by Crippen LogP contribution is 2.41. The van der Waals surface area contributed by atoms with Crippen molar-refractivity contribution in [3.63, 3.8) is 0 Å². The summed E-state index contributed by atoms with van der Waals surface area (Å²) in [6, 6.07) is 12.4. The zero-order chi connectivity index (χ0) is 23.6. The number of methoxy groups -OCH3 is 1. The number of imidazole rings is 1. The SMILES string of the molecule is C=C(/C=C/c1ccc(-n2cnc(C)c2)c(OC)c1)N(C1CC1)C(C)(ON)c1ccc(F)cc1. The first kappa shape index (κ1) is 22.8. The number of hydrogen-bond donors (Lipinski definition) is 1. The number of nitrogens with zero attached hydrogens (tertiary/aromatic N) is 3. The summed E-state index contributed by atoms with van der Waals surface area (Å²) in [4.78, 5) is 11.8. The van der Waals surface area contributed by atoms with Gasteiger partial charge >= 0.3 is 0 Å². The molecule has 0 spiro atoms. The Hall–Kier alpha value is -3.42. The minimum absolute atomic E-state index is 0.252. The molecular formula is C26H29FN4O2. The molecule has 6 nitrogen and oxygen atoms in total. The van der Waals surface area contributed by atoms with Crippen LogP contribution in [-0.4, -0.2) is 27.6 Å². The van der Waals surface area contributed by atoms with E-state index in [-0.39, 0.29) is 11.9 Å². The Kier molecular flexibility index (Phi) is 6.35. The van der Waals surface area contributed by atoms with E-state index in [1.807, 2.05) is 55.0 Å². The van der Waals surface area contributed by atoms with Crippen molar-refractivity contribution in [2.24, 2.45) is 5.90 Å². The van der Waals surface area contributed by atoms with Crippen LogP contribution < -0.4 is 10.6 Å². The van der Waals surface area contributed by atoms with Gasteiger partial charge in [0.25, 0.3) is 0 Å². The lowest BCUT2D eigenvalue weighted by Gasteiger charge is -2.42. The van der Waals surface area contributed by atoms with E-state index in [2.05, 4.69) is 16.5 Å². The van der Waals surface area contributed by atoms with Gasteiger partial charge in [-0.3, -0.25) is 4.84 Å². The third-order valence-electron chi connectivity index (χ3n) is 5.95. The predicted molar refractivity (Wildman–Crippen MR) is 127 cm³/mol. The predicted octanol–water partition coefficient (Wildman–Crippen LogP) is 5.08. The molecule has 1 fully saturated rings. The monoisotopic (exact) mass is 448 g/mol. The molecule has 33 heavy (non-hydrogen) atoms. The number of nitrogens with two attached hydrogens (primary N) is 1. The average Bonchev–Trinajstić information content (AvgIpc) is 3.56. The largest absolute Gasteiger partial charge is 0.495 e. The van der Waals surface area contributed by atoms with Crippen LogP contribution in [-0.2, 0) is 10.6 Å². The van der Waals surface area contributed by atoms with Crippen LogP contribution in [0.4, 0.5) is 4.39 Å². The van der Waals surface area contributed by atoms with Gasteiger partial charge < -0.3 is 14.2 Å². The molecule has 3 aromatic rings. The molecule has 1 aliphatic rings. The minimum atomic E-state index is -0.975. The molecule has 1 saturated carbocycles. The van der Waals surface area contributed by atoms with Crippen molar-refractivity contribution >= 4 is 6.08 Å². The highest BCUT2D eigenvalue weighted by molar-refractivity contribution is 5.60. The average molecular weight is 449 g/mol. The normalized spacial score (nSPS) is 15.4. The fraction of sp³-hybridized carbons (Fsp3) is 0.269. The maximum atomic E-state index is 13.5. The van der Waals surface area contributed by atoms with E-state index in [0.29, 0.717) is 0 Å². The first-order valence-electron chi connectivity index (χ1n) is 10.8. The molecule has 7 heteroatoms. The molecule has 1 atom stereocenters. The smallest absolute Gasteiger partial charge is 0.184 e. The van der Waals surface area contributed by atoms with Crippen molar-refractivity contribution in [1.82, 2.24) is 14.5 Å². The van der Waals surface area contributed by atoms with Crippen molar-refractivity contribution in [3.8, 4) is 11.4 Å². The van der Waals surface area contributed by atoms with Crippen molar-refractivity contribution in [2.45, 2.75) is 38.5 Å². The van der Waals surface area contributed by atoms with Gasteiger partial charge in [-0.15, -0.1) is 0 Å². The number of rotatable bonds is 9. The molecule has 0 amide bonds. The van der Waals surface area contributed by atoms with Gasteiger partial charge in [0.15, 0.2) is 5.72 Å². The molecule has 2 N–H and O–H groups in total. The lowest BCUT2D eigenvalue weighted by atomic mass is 10.0. The summed E-state index contributed by atoms with van der Waals surface area (Å²) >= 11 is 0. The zero-order valence-electron chi connectivity index (χ0n) is 19.2. The molecule has 172 valence electrons. The van der Waals surface area contributed by atoms with Gasteiger partial charge in [0, 0.05) is 23.5 Å². The first-order valence-corrected chi connectivity index (χ1v) is 10.8. The molecule has 4 rings (SSSR count). The van der Waals surface area contributed by atoms with E-state index in [9.17, 15) is 4.39 Å². The van der Waals surface area contributed by atoms with Crippen LogP contribution in [0.25, 0.3) is 11.8 Å². The number of hydrogen-bond acceptors (Lipinski definition) is 5. The van der Waals surface area contributed by atoms with Gasteiger partial charge in [-0.05, 0) is 62.6 Å². The van der Waals surface area contributed by atoms with Gasteiger partial charge in [0.05, 0.1) is 24.8 Å². The molecular weight excluding hydrogens is 419 g/mol. The maximum Gasteiger partial charge on any atom is 0.184 e. The van der Waals surface area contributed by atoms with Gasteiger partial charge in [-0.25, -0.2) is 15.3 Å². The van der Waals surface area contributed by atoms with Crippen LogP contribution in [0.3, 0.4) is 0 Å². The van der Waals surface area contributed by atoms with E-state index in [0.717, 1.165) is 46.8 Å². The molecule has 1 unspecified atom stereocenters. The Morgan fingerprint density at radius 1 is 1.27 bits per heavy atom. The third-order valence-corrected chi connectivity index (χ3v) is 5.95. The van der Waals surface area contributed by atoms with Gasteiger partial charge in [0.2, 0.25) is 0 Å². The van der Waals surface area contributed by atoms with Crippen LogP contribution in [0.15, 0.2) is 73.3 Å². The van der Waals surface area contributed by atoms with Crippen LogP contribution in [0.2, 0.25) is 0 Å². The number of benzene rings is 2. The Morgan fingerprint density at radius 3 is 2.58 bits per heavy atom. The molecule has 0 bridgehead atoms. The van der Waals surface area contributed by atoms with Crippen molar-refractivity contribution in [2.75, 3.05) is 7.11 Å². The zero-order valence-corrected chi connectivity index (χ0v) is 19.2. The Morgan fingerprint density at radius 2 is 2.00 bits per heavy atom. The minimum Gasteiger partial charge on any atom is -0.495 e. The summed E-state index contributed by atoms with van der Waals surface area (Å²) in [6.45, 7) is 8.11. The standard InChI is InChI=1S/C26H29FN4O2/c1-18-16-30(17-29-18)24-14-7-20(15-25(24)32-4)6-5-19(2)31(23-12-13-23)26(3,33-28)21-8-10-22(27)11-9-21/h5-11,14-17,23H,2,12-13,28H2,1,3-4H3/b6-5+. The maximum absolute atomic E-state index is 13.5.